The monoisotopic (exact) mass is 289 g/mol. The molecule has 0 aliphatic carbocycles. The summed E-state index contributed by atoms with van der Waals surface area (Å²) in [6, 6.07) is 12.7. The fraction of sp³-hybridized carbons (Fsp3) is 0.412. The zero-order chi connectivity index (χ0) is 14.4. The molecule has 0 aliphatic rings. The van der Waals surface area contributed by atoms with Gasteiger partial charge in [0.1, 0.15) is 5.75 Å². The molecule has 1 aromatic heterocycles. The molecule has 20 heavy (non-hydrogen) atoms. The zero-order valence-corrected chi connectivity index (χ0v) is 13.1. The minimum Gasteiger partial charge on any atom is -0.494 e. The molecule has 1 unspecified atom stereocenters. The quantitative estimate of drug-likeness (QED) is 0.837. The first-order valence-electron chi connectivity index (χ1n) is 7.20. The molecule has 0 amide bonds. The molecule has 0 fully saturated rings. The van der Waals surface area contributed by atoms with E-state index in [4.69, 9.17) is 10.5 Å². The van der Waals surface area contributed by atoms with Gasteiger partial charge in [0.15, 0.2) is 0 Å². The zero-order valence-electron chi connectivity index (χ0n) is 12.3. The fourth-order valence-corrected chi connectivity index (χ4v) is 3.17. The maximum absolute atomic E-state index is 6.18. The van der Waals surface area contributed by atoms with Gasteiger partial charge in [-0.3, -0.25) is 0 Å². The predicted octanol–water partition coefficient (Wildman–Crippen LogP) is 3.96. The Morgan fingerprint density at radius 3 is 2.70 bits per heavy atom. The summed E-state index contributed by atoms with van der Waals surface area (Å²) in [5, 5.41) is 0. The molecule has 0 aliphatic heterocycles. The van der Waals surface area contributed by atoms with Gasteiger partial charge in [0.05, 0.1) is 6.61 Å². The first-order chi connectivity index (χ1) is 9.67. The third-order valence-electron chi connectivity index (χ3n) is 3.28. The van der Waals surface area contributed by atoms with Gasteiger partial charge in [0, 0.05) is 15.8 Å². The van der Waals surface area contributed by atoms with Gasteiger partial charge in [0.2, 0.25) is 0 Å². The normalized spacial score (nSPS) is 12.3. The lowest BCUT2D eigenvalue weighted by molar-refractivity contribution is 0.297. The summed E-state index contributed by atoms with van der Waals surface area (Å²) in [5.74, 6) is 0.932. The van der Waals surface area contributed by atoms with Gasteiger partial charge in [-0.2, -0.15) is 0 Å². The van der Waals surface area contributed by atoms with E-state index in [1.165, 1.54) is 15.3 Å². The lowest BCUT2D eigenvalue weighted by Crippen LogP contribution is -2.24. The molecule has 2 nitrogen and oxygen atoms in total. The van der Waals surface area contributed by atoms with Crippen LogP contribution in [0.2, 0.25) is 0 Å². The van der Waals surface area contributed by atoms with Crippen molar-refractivity contribution >= 4 is 11.3 Å². The summed E-state index contributed by atoms with van der Waals surface area (Å²) >= 11 is 1.87. The Hall–Kier alpha value is -1.32. The van der Waals surface area contributed by atoms with Gasteiger partial charge in [-0.1, -0.05) is 19.1 Å². The summed E-state index contributed by atoms with van der Waals surface area (Å²) in [5.41, 5.74) is 7.40. The largest absolute Gasteiger partial charge is 0.494 e. The van der Waals surface area contributed by atoms with Crippen molar-refractivity contribution in [3.63, 3.8) is 0 Å². The van der Waals surface area contributed by atoms with Crippen LogP contribution >= 0.6 is 11.3 Å². The first kappa shape index (κ1) is 15.1. The van der Waals surface area contributed by atoms with E-state index in [9.17, 15) is 0 Å². The van der Waals surface area contributed by atoms with Crippen molar-refractivity contribution in [2.24, 2.45) is 5.73 Å². The second-order valence-corrected chi connectivity index (χ2v) is 6.39. The number of nitrogens with two attached hydrogens (primary N) is 1. The Bertz CT molecular complexity index is 535. The molecule has 0 saturated carbocycles. The van der Waals surface area contributed by atoms with Crippen LogP contribution in [-0.2, 0) is 12.8 Å². The van der Waals surface area contributed by atoms with Gasteiger partial charge in [-0.25, -0.2) is 0 Å². The molecule has 0 bridgehead atoms. The molecular formula is C17H23NOS. The highest BCUT2D eigenvalue weighted by atomic mass is 32.1. The fourth-order valence-electron chi connectivity index (χ4n) is 2.12. The van der Waals surface area contributed by atoms with Gasteiger partial charge in [-0.15, -0.1) is 11.3 Å². The third-order valence-corrected chi connectivity index (χ3v) is 4.53. The number of ether oxygens (including phenoxy) is 1. The summed E-state index contributed by atoms with van der Waals surface area (Å²) in [6.45, 7) is 4.93. The molecule has 0 radical (unpaired) electrons. The topological polar surface area (TPSA) is 35.2 Å². The van der Waals surface area contributed by atoms with Crippen LogP contribution in [-0.4, -0.2) is 12.6 Å². The second kappa shape index (κ2) is 7.46. The van der Waals surface area contributed by atoms with Crippen LogP contribution in [0.3, 0.4) is 0 Å². The molecule has 2 rings (SSSR count). The molecule has 1 aromatic carbocycles. The van der Waals surface area contributed by atoms with E-state index in [0.717, 1.165) is 25.0 Å². The average molecular weight is 289 g/mol. The number of thiophene rings is 1. The Morgan fingerprint density at radius 2 is 2.00 bits per heavy atom. The molecule has 2 N–H and O–H groups in total. The highest BCUT2D eigenvalue weighted by molar-refractivity contribution is 7.11. The van der Waals surface area contributed by atoms with Crippen LogP contribution in [0.1, 0.15) is 28.7 Å². The Morgan fingerprint density at radius 1 is 1.20 bits per heavy atom. The molecule has 1 heterocycles. The molecule has 2 aromatic rings. The van der Waals surface area contributed by atoms with Crippen LogP contribution in [0.25, 0.3) is 0 Å². The van der Waals surface area contributed by atoms with E-state index in [0.29, 0.717) is 6.61 Å². The number of benzene rings is 1. The smallest absolute Gasteiger partial charge is 0.119 e. The third kappa shape index (κ3) is 4.66. The minimum atomic E-state index is 0.170. The lowest BCUT2D eigenvalue weighted by Gasteiger charge is -2.12. The molecule has 0 saturated heterocycles. The highest BCUT2D eigenvalue weighted by Gasteiger charge is 2.07. The molecule has 3 heteroatoms. The lowest BCUT2D eigenvalue weighted by atomic mass is 10.1. The highest BCUT2D eigenvalue weighted by Crippen LogP contribution is 2.19. The van der Waals surface area contributed by atoms with Crippen LogP contribution in [0.4, 0.5) is 0 Å². The van der Waals surface area contributed by atoms with E-state index in [-0.39, 0.29) is 6.04 Å². The number of aryl methyl sites for hydroxylation is 2. The summed E-state index contributed by atoms with van der Waals surface area (Å²) in [6.07, 6.45) is 2.94. The Labute approximate surface area is 125 Å². The van der Waals surface area contributed by atoms with Crippen LogP contribution in [0.5, 0.6) is 5.75 Å². The van der Waals surface area contributed by atoms with Crippen molar-refractivity contribution in [3.8, 4) is 5.75 Å². The maximum atomic E-state index is 6.18. The molecular weight excluding hydrogens is 266 g/mol. The van der Waals surface area contributed by atoms with Crippen LogP contribution in [0.15, 0.2) is 36.4 Å². The molecule has 0 spiro atoms. The molecule has 108 valence electrons. The van der Waals surface area contributed by atoms with E-state index in [1.807, 2.05) is 23.5 Å². The Kier molecular flexibility index (Phi) is 5.62. The van der Waals surface area contributed by atoms with Gasteiger partial charge in [-0.05, 0) is 56.0 Å². The number of hydrogen-bond acceptors (Lipinski definition) is 3. The van der Waals surface area contributed by atoms with Crippen molar-refractivity contribution in [3.05, 3.63) is 51.7 Å². The van der Waals surface area contributed by atoms with E-state index in [1.54, 1.807) is 0 Å². The number of hydrogen-bond donors (Lipinski definition) is 1. The first-order valence-corrected chi connectivity index (χ1v) is 8.01. The van der Waals surface area contributed by atoms with Crippen molar-refractivity contribution in [1.29, 1.82) is 0 Å². The number of rotatable bonds is 7. The van der Waals surface area contributed by atoms with Crippen LogP contribution in [0, 0.1) is 6.92 Å². The predicted molar refractivity (Wildman–Crippen MR) is 86.7 cm³/mol. The summed E-state index contributed by atoms with van der Waals surface area (Å²) < 4.78 is 5.74. The van der Waals surface area contributed by atoms with Crippen molar-refractivity contribution in [2.75, 3.05) is 6.61 Å². The summed E-state index contributed by atoms with van der Waals surface area (Å²) in [4.78, 5) is 2.81. The van der Waals surface area contributed by atoms with Crippen LogP contribution < -0.4 is 10.5 Å². The minimum absolute atomic E-state index is 0.170. The van der Waals surface area contributed by atoms with Crippen molar-refractivity contribution in [2.45, 2.75) is 39.2 Å². The van der Waals surface area contributed by atoms with Crippen molar-refractivity contribution < 1.29 is 4.74 Å². The summed E-state index contributed by atoms with van der Waals surface area (Å²) in [7, 11) is 0. The maximum Gasteiger partial charge on any atom is 0.119 e. The van der Waals surface area contributed by atoms with E-state index < -0.39 is 0 Å². The average Bonchev–Trinajstić information content (AvgIpc) is 2.86. The van der Waals surface area contributed by atoms with E-state index >= 15 is 0 Å². The van der Waals surface area contributed by atoms with Gasteiger partial charge < -0.3 is 10.5 Å². The standard InChI is InChI=1S/C17H23NOS/c1-3-16-7-8-17(20-16)12-14(18)9-10-19-15-6-4-5-13(2)11-15/h4-8,11,14H,3,9-10,12,18H2,1-2H3. The van der Waals surface area contributed by atoms with Gasteiger partial charge >= 0.3 is 0 Å². The SMILES string of the molecule is CCc1ccc(CC(N)CCOc2cccc(C)c2)s1. The van der Waals surface area contributed by atoms with Crippen molar-refractivity contribution in [1.82, 2.24) is 0 Å². The molecule has 1 atom stereocenters. The Balaban J connectivity index is 1.73. The van der Waals surface area contributed by atoms with E-state index in [2.05, 4.69) is 38.1 Å². The second-order valence-electron chi connectivity index (χ2n) is 5.14. The van der Waals surface area contributed by atoms with Gasteiger partial charge in [0.25, 0.3) is 0 Å².